The Bertz CT molecular complexity index is 233. The average molecular weight is 224 g/mol. The quantitative estimate of drug-likeness (QED) is 0.656. The molecule has 1 saturated carbocycles. The van der Waals surface area contributed by atoms with Crippen LogP contribution in [0.5, 0.6) is 0 Å². The molecule has 0 aliphatic heterocycles. The van der Waals surface area contributed by atoms with E-state index in [0.29, 0.717) is 12.8 Å². The average Bonchev–Trinajstić information content (AvgIpc) is 2.82. The van der Waals surface area contributed by atoms with Crippen molar-refractivity contribution in [3.05, 3.63) is 0 Å². The summed E-state index contributed by atoms with van der Waals surface area (Å²) in [6, 6.07) is -0.861. The van der Waals surface area contributed by atoms with E-state index in [9.17, 15) is 9.59 Å². The van der Waals surface area contributed by atoms with Crippen molar-refractivity contribution in [1.82, 2.24) is 0 Å². The summed E-state index contributed by atoms with van der Waals surface area (Å²) in [4.78, 5) is 21.3. The van der Waals surface area contributed by atoms with E-state index in [4.69, 9.17) is 10.8 Å². The molecule has 0 heterocycles. The van der Waals surface area contributed by atoms with Crippen LogP contribution in [-0.4, -0.2) is 30.2 Å². The van der Waals surface area contributed by atoms with Crippen molar-refractivity contribution in [1.29, 1.82) is 0 Å². The van der Waals surface area contributed by atoms with Gasteiger partial charge in [0, 0.05) is 0 Å². The van der Waals surface area contributed by atoms with E-state index in [1.807, 2.05) is 0 Å². The fraction of sp³-hybridized carbons (Fsp3) is 0.750. The molecule has 0 aromatic heterocycles. The molecule has 0 aromatic carbocycles. The van der Waals surface area contributed by atoms with Crippen LogP contribution in [0.25, 0.3) is 0 Å². The van der Waals surface area contributed by atoms with Crippen molar-refractivity contribution < 1.29 is 19.4 Å². The maximum absolute atomic E-state index is 10.9. The first-order valence-electron chi connectivity index (χ1n) is 4.12. The summed E-state index contributed by atoms with van der Waals surface area (Å²) >= 11 is 0. The van der Waals surface area contributed by atoms with Crippen molar-refractivity contribution in [3.63, 3.8) is 0 Å². The lowest BCUT2D eigenvalue weighted by Gasteiger charge is -2.04. The number of hydrogen-bond acceptors (Lipinski definition) is 4. The van der Waals surface area contributed by atoms with Crippen LogP contribution >= 0.6 is 12.4 Å². The molecule has 0 spiro atoms. The molecule has 0 amide bonds. The number of nitrogens with two attached hydrogens (primary N) is 1. The third-order valence-electron chi connectivity index (χ3n) is 2.30. The molecule has 0 aromatic rings. The van der Waals surface area contributed by atoms with Crippen LogP contribution in [-0.2, 0) is 14.3 Å². The lowest BCUT2D eigenvalue weighted by atomic mass is 10.1. The number of esters is 1. The Morgan fingerprint density at radius 3 is 2.64 bits per heavy atom. The summed E-state index contributed by atoms with van der Waals surface area (Å²) in [5.41, 5.74) is 5.31. The summed E-state index contributed by atoms with van der Waals surface area (Å²) in [6.07, 6.45) is 1.06. The lowest BCUT2D eigenvalue weighted by Crippen LogP contribution is -2.30. The first kappa shape index (κ1) is 13.2. The first-order chi connectivity index (χ1) is 6.06. The summed E-state index contributed by atoms with van der Waals surface area (Å²) in [5.74, 6) is -1.31. The van der Waals surface area contributed by atoms with Crippen molar-refractivity contribution in [2.24, 2.45) is 17.6 Å². The minimum atomic E-state index is -1.02. The Hall–Kier alpha value is -0.810. The number of carbonyl (C=O) groups excluding carboxylic acids is 1. The van der Waals surface area contributed by atoms with E-state index in [1.165, 1.54) is 7.11 Å². The highest BCUT2D eigenvalue weighted by Gasteiger charge is 2.45. The number of carboxylic acids is 1. The molecule has 5 nitrogen and oxygen atoms in total. The molecular weight excluding hydrogens is 210 g/mol. The predicted octanol–water partition coefficient (Wildman–Crippen LogP) is 0.0193. The van der Waals surface area contributed by atoms with E-state index in [-0.39, 0.29) is 30.2 Å². The SMILES string of the molecule is COC(=O)[C@@H]1C[C@H]1CC(N)C(=O)O.Cl. The summed E-state index contributed by atoms with van der Waals surface area (Å²) in [7, 11) is 1.33. The molecule has 14 heavy (non-hydrogen) atoms. The topological polar surface area (TPSA) is 89.6 Å². The van der Waals surface area contributed by atoms with Gasteiger partial charge in [-0.25, -0.2) is 0 Å². The number of rotatable bonds is 4. The molecule has 3 N–H and O–H groups in total. The summed E-state index contributed by atoms with van der Waals surface area (Å²) < 4.78 is 4.52. The predicted molar refractivity (Wildman–Crippen MR) is 51.1 cm³/mol. The molecule has 0 saturated heterocycles. The van der Waals surface area contributed by atoms with Crippen molar-refractivity contribution in [2.45, 2.75) is 18.9 Å². The number of ether oxygens (including phenoxy) is 1. The largest absolute Gasteiger partial charge is 0.480 e. The van der Waals surface area contributed by atoms with Crippen LogP contribution in [0.15, 0.2) is 0 Å². The molecular formula is C8H14ClNO4. The Kier molecular flexibility index (Phi) is 4.87. The monoisotopic (exact) mass is 223 g/mol. The van der Waals surface area contributed by atoms with E-state index in [2.05, 4.69) is 4.74 Å². The third-order valence-corrected chi connectivity index (χ3v) is 2.30. The summed E-state index contributed by atoms with van der Waals surface area (Å²) in [6.45, 7) is 0. The molecule has 82 valence electrons. The van der Waals surface area contributed by atoms with Crippen LogP contribution in [0.1, 0.15) is 12.8 Å². The summed E-state index contributed by atoms with van der Waals surface area (Å²) in [5, 5.41) is 8.50. The highest BCUT2D eigenvalue weighted by molar-refractivity contribution is 5.85. The van der Waals surface area contributed by atoms with Crippen LogP contribution in [0.4, 0.5) is 0 Å². The zero-order valence-corrected chi connectivity index (χ0v) is 8.62. The lowest BCUT2D eigenvalue weighted by molar-refractivity contribution is -0.143. The number of carboxylic acid groups (broad SMARTS) is 1. The van der Waals surface area contributed by atoms with Crippen LogP contribution in [0.3, 0.4) is 0 Å². The normalized spacial score (nSPS) is 25.9. The second kappa shape index (κ2) is 5.17. The minimum absolute atomic E-state index is 0. The van der Waals surface area contributed by atoms with Gasteiger partial charge in [0.1, 0.15) is 6.04 Å². The van der Waals surface area contributed by atoms with Gasteiger partial charge in [-0.1, -0.05) is 0 Å². The maximum atomic E-state index is 10.9. The highest BCUT2D eigenvalue weighted by Crippen LogP contribution is 2.42. The second-order valence-electron chi connectivity index (χ2n) is 3.31. The molecule has 1 rings (SSSR count). The highest BCUT2D eigenvalue weighted by atomic mass is 35.5. The van der Waals surface area contributed by atoms with Gasteiger partial charge in [0.25, 0.3) is 0 Å². The Morgan fingerprint density at radius 2 is 2.21 bits per heavy atom. The molecule has 3 atom stereocenters. The van der Waals surface area contributed by atoms with Gasteiger partial charge in [0.2, 0.25) is 0 Å². The van der Waals surface area contributed by atoms with Gasteiger partial charge in [0.05, 0.1) is 13.0 Å². The molecule has 1 aliphatic carbocycles. The zero-order chi connectivity index (χ0) is 10.0. The van der Waals surface area contributed by atoms with Crippen molar-refractivity contribution in [3.8, 4) is 0 Å². The van der Waals surface area contributed by atoms with Gasteiger partial charge < -0.3 is 15.6 Å². The molecule has 1 aliphatic rings. The Balaban J connectivity index is 0.00000169. The van der Waals surface area contributed by atoms with Gasteiger partial charge in [-0.2, -0.15) is 0 Å². The fourth-order valence-corrected chi connectivity index (χ4v) is 1.38. The van der Waals surface area contributed by atoms with Crippen LogP contribution in [0, 0.1) is 11.8 Å². The van der Waals surface area contributed by atoms with E-state index < -0.39 is 12.0 Å². The minimum Gasteiger partial charge on any atom is -0.480 e. The van der Waals surface area contributed by atoms with Crippen LogP contribution < -0.4 is 5.73 Å². The molecule has 0 bridgehead atoms. The Labute approximate surface area is 88.0 Å². The van der Waals surface area contributed by atoms with Gasteiger partial charge >= 0.3 is 11.9 Å². The standard InChI is InChI=1S/C8H13NO4.ClH/c1-13-8(12)5-2-4(5)3-6(9)7(10)11;/h4-6H,2-3,9H2,1H3,(H,10,11);1H/t4-,5+,6?;/m0./s1. The molecule has 1 unspecified atom stereocenters. The molecule has 6 heteroatoms. The van der Waals surface area contributed by atoms with Crippen molar-refractivity contribution in [2.75, 3.05) is 7.11 Å². The number of carbonyl (C=O) groups is 2. The van der Waals surface area contributed by atoms with E-state index >= 15 is 0 Å². The molecule has 0 radical (unpaired) electrons. The smallest absolute Gasteiger partial charge is 0.320 e. The number of methoxy groups -OCH3 is 1. The van der Waals surface area contributed by atoms with Crippen molar-refractivity contribution >= 4 is 24.3 Å². The van der Waals surface area contributed by atoms with Crippen LogP contribution in [0.2, 0.25) is 0 Å². The van der Waals surface area contributed by atoms with E-state index in [1.54, 1.807) is 0 Å². The fourth-order valence-electron chi connectivity index (χ4n) is 1.38. The first-order valence-corrected chi connectivity index (χ1v) is 4.12. The zero-order valence-electron chi connectivity index (χ0n) is 7.80. The van der Waals surface area contributed by atoms with Gasteiger partial charge in [-0.05, 0) is 18.8 Å². The maximum Gasteiger partial charge on any atom is 0.320 e. The molecule has 1 fully saturated rings. The van der Waals surface area contributed by atoms with Gasteiger partial charge in [0.15, 0.2) is 0 Å². The Morgan fingerprint density at radius 1 is 1.64 bits per heavy atom. The number of aliphatic carboxylic acids is 1. The number of hydrogen-bond donors (Lipinski definition) is 2. The number of halogens is 1. The second-order valence-corrected chi connectivity index (χ2v) is 3.31. The van der Waals surface area contributed by atoms with Gasteiger partial charge in [-0.15, -0.1) is 12.4 Å². The third kappa shape index (κ3) is 3.16. The van der Waals surface area contributed by atoms with Gasteiger partial charge in [-0.3, -0.25) is 9.59 Å². The van der Waals surface area contributed by atoms with E-state index in [0.717, 1.165) is 0 Å².